The van der Waals surface area contributed by atoms with Crippen molar-refractivity contribution in [3.8, 4) is 0 Å². The van der Waals surface area contributed by atoms with Gasteiger partial charge in [0.05, 0.1) is 5.02 Å². The van der Waals surface area contributed by atoms with Crippen LogP contribution in [0.4, 0.5) is 4.39 Å². The molecule has 0 aliphatic heterocycles. The Morgan fingerprint density at radius 3 is 2.39 bits per heavy atom. The summed E-state index contributed by atoms with van der Waals surface area (Å²) in [6.45, 7) is 0. The van der Waals surface area contributed by atoms with Gasteiger partial charge in [0.2, 0.25) is 0 Å². The van der Waals surface area contributed by atoms with Crippen molar-refractivity contribution in [3.63, 3.8) is 0 Å². The second kappa shape index (κ2) is 6.18. The van der Waals surface area contributed by atoms with Crippen molar-refractivity contribution < 1.29 is 4.39 Å². The van der Waals surface area contributed by atoms with Crippen LogP contribution in [-0.2, 0) is 6.42 Å². The van der Waals surface area contributed by atoms with Gasteiger partial charge >= 0.3 is 0 Å². The molecular weight excluding hydrogens is 382 g/mol. The standard InChI is InChI=1S/C14H10Br2ClF/c15-11-4-1-9(2-5-11)7-12(16)10-3-6-14(18)13(17)8-10/h1-6,8,12H,7H2. The minimum Gasteiger partial charge on any atom is -0.205 e. The highest BCUT2D eigenvalue weighted by molar-refractivity contribution is 9.10. The van der Waals surface area contributed by atoms with Crippen LogP contribution in [0.5, 0.6) is 0 Å². The summed E-state index contributed by atoms with van der Waals surface area (Å²) in [4.78, 5) is 0.122. The summed E-state index contributed by atoms with van der Waals surface area (Å²) in [7, 11) is 0. The predicted octanol–water partition coefficient (Wildman–Crippen LogP) is 5.92. The largest absolute Gasteiger partial charge is 0.205 e. The fraction of sp³-hybridized carbons (Fsp3) is 0.143. The average molecular weight is 392 g/mol. The quantitative estimate of drug-likeness (QED) is 0.569. The van der Waals surface area contributed by atoms with Crippen molar-refractivity contribution in [2.24, 2.45) is 0 Å². The highest BCUT2D eigenvalue weighted by atomic mass is 79.9. The maximum absolute atomic E-state index is 13.1. The highest BCUT2D eigenvalue weighted by Gasteiger charge is 2.10. The Hall–Kier alpha value is -0.380. The molecule has 0 spiro atoms. The monoisotopic (exact) mass is 390 g/mol. The summed E-state index contributed by atoms with van der Waals surface area (Å²) in [6, 6.07) is 12.9. The van der Waals surface area contributed by atoms with Gasteiger partial charge < -0.3 is 0 Å². The van der Waals surface area contributed by atoms with Crippen LogP contribution in [-0.4, -0.2) is 0 Å². The molecule has 2 aromatic carbocycles. The minimum absolute atomic E-state index is 0.122. The zero-order valence-corrected chi connectivity index (χ0v) is 13.3. The van der Waals surface area contributed by atoms with E-state index in [2.05, 4.69) is 44.0 Å². The Morgan fingerprint density at radius 2 is 1.78 bits per heavy atom. The van der Waals surface area contributed by atoms with Crippen LogP contribution in [0.3, 0.4) is 0 Å². The van der Waals surface area contributed by atoms with E-state index in [4.69, 9.17) is 11.6 Å². The molecule has 18 heavy (non-hydrogen) atoms. The van der Waals surface area contributed by atoms with Gasteiger partial charge in [-0.1, -0.05) is 61.7 Å². The maximum Gasteiger partial charge on any atom is 0.141 e. The van der Waals surface area contributed by atoms with Crippen molar-refractivity contribution >= 4 is 43.5 Å². The molecule has 2 rings (SSSR count). The van der Waals surface area contributed by atoms with Crippen molar-refractivity contribution in [1.29, 1.82) is 0 Å². The fourth-order valence-corrected chi connectivity index (χ4v) is 2.76. The third kappa shape index (κ3) is 3.56. The van der Waals surface area contributed by atoms with Crippen LogP contribution in [0.1, 0.15) is 16.0 Å². The molecule has 0 nitrogen and oxygen atoms in total. The minimum atomic E-state index is -0.385. The molecular formula is C14H10Br2ClF. The highest BCUT2D eigenvalue weighted by Crippen LogP contribution is 2.30. The first-order chi connectivity index (χ1) is 8.56. The van der Waals surface area contributed by atoms with E-state index in [0.29, 0.717) is 0 Å². The summed E-state index contributed by atoms with van der Waals surface area (Å²) < 4.78 is 14.1. The third-order valence-corrected chi connectivity index (χ3v) is 4.30. The molecule has 0 amide bonds. The van der Waals surface area contributed by atoms with E-state index >= 15 is 0 Å². The van der Waals surface area contributed by atoms with Gasteiger partial charge in [-0.25, -0.2) is 4.39 Å². The maximum atomic E-state index is 13.1. The summed E-state index contributed by atoms with van der Waals surface area (Å²) in [5, 5.41) is 0.160. The van der Waals surface area contributed by atoms with Gasteiger partial charge in [0, 0.05) is 9.30 Å². The van der Waals surface area contributed by atoms with Crippen molar-refractivity contribution in [2.45, 2.75) is 11.2 Å². The van der Waals surface area contributed by atoms with E-state index in [9.17, 15) is 4.39 Å². The lowest BCUT2D eigenvalue weighted by molar-refractivity contribution is 0.627. The SMILES string of the molecule is Fc1ccc(C(Br)Cc2ccc(Br)cc2)cc1Cl. The van der Waals surface area contributed by atoms with Gasteiger partial charge in [0.25, 0.3) is 0 Å². The first-order valence-corrected chi connectivity index (χ1v) is 7.48. The second-order valence-electron chi connectivity index (χ2n) is 3.97. The number of benzene rings is 2. The lowest BCUT2D eigenvalue weighted by Crippen LogP contribution is -1.96. The molecule has 4 heteroatoms. The van der Waals surface area contributed by atoms with Gasteiger partial charge in [-0.05, 0) is 41.8 Å². The van der Waals surface area contributed by atoms with E-state index in [1.165, 1.54) is 11.6 Å². The average Bonchev–Trinajstić information content (AvgIpc) is 2.35. The van der Waals surface area contributed by atoms with Gasteiger partial charge in [-0.15, -0.1) is 0 Å². The molecule has 2 aromatic rings. The molecule has 0 saturated heterocycles. The van der Waals surface area contributed by atoms with Crippen LogP contribution in [0, 0.1) is 5.82 Å². The molecule has 0 radical (unpaired) electrons. The summed E-state index contributed by atoms with van der Waals surface area (Å²) in [6.07, 6.45) is 0.829. The molecule has 0 N–H and O–H groups in total. The molecule has 0 aliphatic rings. The number of alkyl halides is 1. The number of hydrogen-bond acceptors (Lipinski definition) is 0. The topological polar surface area (TPSA) is 0 Å². The van der Waals surface area contributed by atoms with E-state index in [1.807, 2.05) is 12.1 Å². The molecule has 0 saturated carbocycles. The Morgan fingerprint density at radius 1 is 1.11 bits per heavy atom. The van der Waals surface area contributed by atoms with Crippen molar-refractivity contribution in [2.75, 3.05) is 0 Å². The molecule has 1 atom stereocenters. The number of halogens is 4. The molecule has 0 bridgehead atoms. The summed E-state index contributed by atoms with van der Waals surface area (Å²) >= 11 is 12.8. The van der Waals surface area contributed by atoms with Gasteiger partial charge in [-0.2, -0.15) is 0 Å². The first-order valence-electron chi connectivity index (χ1n) is 5.40. The molecule has 94 valence electrons. The summed E-state index contributed by atoms with van der Waals surface area (Å²) in [5.74, 6) is -0.385. The molecule has 0 aromatic heterocycles. The molecule has 1 unspecified atom stereocenters. The zero-order chi connectivity index (χ0) is 13.1. The van der Waals surface area contributed by atoms with E-state index in [-0.39, 0.29) is 15.7 Å². The van der Waals surface area contributed by atoms with Crippen LogP contribution >= 0.6 is 43.5 Å². The normalized spacial score (nSPS) is 12.4. The summed E-state index contributed by atoms with van der Waals surface area (Å²) in [5.41, 5.74) is 2.19. The van der Waals surface area contributed by atoms with E-state index in [0.717, 1.165) is 16.5 Å². The lowest BCUT2D eigenvalue weighted by Gasteiger charge is -2.11. The third-order valence-electron chi connectivity index (χ3n) is 2.63. The molecule has 0 fully saturated rings. The van der Waals surface area contributed by atoms with Crippen LogP contribution in [0.25, 0.3) is 0 Å². The van der Waals surface area contributed by atoms with Crippen molar-refractivity contribution in [3.05, 3.63) is 68.9 Å². The molecule has 0 aliphatic carbocycles. The van der Waals surface area contributed by atoms with Crippen LogP contribution in [0.2, 0.25) is 5.02 Å². The number of rotatable bonds is 3. The van der Waals surface area contributed by atoms with Crippen molar-refractivity contribution in [1.82, 2.24) is 0 Å². The number of hydrogen-bond donors (Lipinski definition) is 0. The Balaban J connectivity index is 2.13. The lowest BCUT2D eigenvalue weighted by atomic mass is 10.0. The fourth-order valence-electron chi connectivity index (χ4n) is 1.65. The predicted molar refractivity (Wildman–Crippen MR) is 80.9 cm³/mol. The van der Waals surface area contributed by atoms with Crippen LogP contribution < -0.4 is 0 Å². The second-order valence-corrected chi connectivity index (χ2v) is 6.40. The Labute approximate surface area is 127 Å². The smallest absolute Gasteiger partial charge is 0.141 e. The van der Waals surface area contributed by atoms with E-state index < -0.39 is 0 Å². The van der Waals surface area contributed by atoms with Gasteiger partial charge in [0.1, 0.15) is 5.82 Å². The molecule has 0 heterocycles. The van der Waals surface area contributed by atoms with Gasteiger partial charge in [-0.3, -0.25) is 0 Å². The van der Waals surface area contributed by atoms with Crippen LogP contribution in [0.15, 0.2) is 46.9 Å². The van der Waals surface area contributed by atoms with E-state index in [1.54, 1.807) is 12.1 Å². The van der Waals surface area contributed by atoms with Gasteiger partial charge in [0.15, 0.2) is 0 Å². The Bertz CT molecular complexity index is 540. The zero-order valence-electron chi connectivity index (χ0n) is 9.34. The Kier molecular flexibility index (Phi) is 4.82. The first kappa shape index (κ1) is 14.0.